The molecule has 1 fully saturated rings. The van der Waals surface area contributed by atoms with Crippen molar-refractivity contribution in [1.82, 2.24) is 9.80 Å². The first-order valence-electron chi connectivity index (χ1n) is 7.89. The number of hydrogen-bond donors (Lipinski definition) is 1. The molecule has 1 atom stereocenters. The highest BCUT2D eigenvalue weighted by molar-refractivity contribution is 7.12. The largest absolute Gasteiger partial charge is 0.389 e. The number of aliphatic hydroxyl groups excluding tert-OH is 1. The summed E-state index contributed by atoms with van der Waals surface area (Å²) >= 11 is 1.69. The number of piperazine rings is 1. The molecule has 124 valence electrons. The van der Waals surface area contributed by atoms with Crippen LogP contribution in [0.5, 0.6) is 0 Å². The molecular weight excluding hydrogens is 300 g/mol. The molecule has 1 aromatic heterocycles. The van der Waals surface area contributed by atoms with E-state index >= 15 is 0 Å². The van der Waals surface area contributed by atoms with Gasteiger partial charge in [0.25, 0.3) is 0 Å². The van der Waals surface area contributed by atoms with Crippen molar-refractivity contribution in [2.24, 2.45) is 0 Å². The number of nitrogens with zero attached hydrogens (tertiary/aromatic N) is 2. The molecule has 1 saturated heterocycles. The molecule has 22 heavy (non-hydrogen) atoms. The maximum atomic E-state index is 12.3. The van der Waals surface area contributed by atoms with Crippen LogP contribution in [0.15, 0.2) is 12.1 Å². The van der Waals surface area contributed by atoms with Gasteiger partial charge >= 0.3 is 0 Å². The fourth-order valence-electron chi connectivity index (χ4n) is 2.63. The van der Waals surface area contributed by atoms with Gasteiger partial charge in [-0.25, -0.2) is 0 Å². The maximum absolute atomic E-state index is 12.3. The summed E-state index contributed by atoms with van der Waals surface area (Å²) < 4.78 is 5.22. The third-order valence-electron chi connectivity index (χ3n) is 3.83. The van der Waals surface area contributed by atoms with Crippen molar-refractivity contribution in [3.63, 3.8) is 0 Å². The van der Waals surface area contributed by atoms with E-state index in [4.69, 9.17) is 4.74 Å². The van der Waals surface area contributed by atoms with E-state index in [1.807, 2.05) is 17.9 Å². The zero-order chi connectivity index (χ0) is 15.9. The van der Waals surface area contributed by atoms with Crippen LogP contribution < -0.4 is 0 Å². The second-order valence-corrected chi connectivity index (χ2v) is 7.06. The Bertz CT molecular complexity index is 470. The summed E-state index contributed by atoms with van der Waals surface area (Å²) in [5.74, 6) is 0.205. The molecule has 0 aliphatic carbocycles. The van der Waals surface area contributed by atoms with E-state index in [0.717, 1.165) is 31.1 Å². The number of β-amino-alcohol motifs (C(OH)–C–C–N with tert-alkyl or cyclic N) is 1. The Labute approximate surface area is 136 Å². The summed E-state index contributed by atoms with van der Waals surface area (Å²) in [4.78, 5) is 18.8. The number of carbonyl (C=O) groups excluding carboxylic acids is 1. The molecule has 0 saturated carbocycles. The molecular formula is C16H26N2O3S. The molecule has 2 rings (SSSR count). The zero-order valence-corrected chi connectivity index (χ0v) is 14.3. The highest BCUT2D eigenvalue weighted by atomic mass is 32.1. The Morgan fingerprint density at radius 2 is 2.09 bits per heavy atom. The Hall–Kier alpha value is -0.950. The number of aryl methyl sites for hydroxylation is 1. The summed E-state index contributed by atoms with van der Waals surface area (Å²) in [6.45, 7) is 8.73. The van der Waals surface area contributed by atoms with Crippen molar-refractivity contribution in [3.8, 4) is 0 Å². The monoisotopic (exact) mass is 326 g/mol. The molecule has 1 N–H and O–H groups in total. The highest BCUT2D eigenvalue weighted by Gasteiger charge is 2.22. The highest BCUT2D eigenvalue weighted by Crippen LogP contribution is 2.17. The predicted molar refractivity (Wildman–Crippen MR) is 88.3 cm³/mol. The van der Waals surface area contributed by atoms with Gasteiger partial charge in [0.05, 0.1) is 19.1 Å². The van der Waals surface area contributed by atoms with Crippen molar-refractivity contribution < 1.29 is 14.6 Å². The lowest BCUT2D eigenvalue weighted by Crippen LogP contribution is -2.51. The van der Waals surface area contributed by atoms with E-state index in [2.05, 4.69) is 17.9 Å². The van der Waals surface area contributed by atoms with E-state index in [9.17, 15) is 9.90 Å². The summed E-state index contributed by atoms with van der Waals surface area (Å²) in [7, 11) is 0. The van der Waals surface area contributed by atoms with Gasteiger partial charge in [-0.05, 0) is 26.0 Å². The van der Waals surface area contributed by atoms with Crippen LogP contribution in [0.1, 0.15) is 16.7 Å². The Morgan fingerprint density at radius 3 is 2.68 bits per heavy atom. The standard InChI is InChI=1S/C16H26N2O3S/c1-3-21-12-14(19)11-17-6-8-18(9-7-17)16(20)10-15-5-4-13(2)22-15/h4-5,14,19H,3,6-12H2,1-2H3/t14-/m0/s1. The lowest BCUT2D eigenvalue weighted by molar-refractivity contribution is -0.132. The van der Waals surface area contributed by atoms with E-state index in [1.54, 1.807) is 11.3 Å². The van der Waals surface area contributed by atoms with Crippen LogP contribution in [0.3, 0.4) is 0 Å². The Kier molecular flexibility index (Phi) is 6.82. The van der Waals surface area contributed by atoms with Gasteiger partial charge in [0.15, 0.2) is 0 Å². The minimum Gasteiger partial charge on any atom is -0.389 e. The number of carbonyl (C=O) groups is 1. The second kappa shape index (κ2) is 8.62. The SMILES string of the molecule is CCOC[C@@H](O)CN1CCN(C(=O)Cc2ccc(C)s2)CC1. The molecule has 0 unspecified atom stereocenters. The minimum atomic E-state index is -0.448. The zero-order valence-electron chi connectivity index (χ0n) is 13.5. The van der Waals surface area contributed by atoms with E-state index in [1.165, 1.54) is 4.88 Å². The summed E-state index contributed by atoms with van der Waals surface area (Å²) in [6.07, 6.45) is 0.0576. The Morgan fingerprint density at radius 1 is 1.36 bits per heavy atom. The van der Waals surface area contributed by atoms with Crippen LogP contribution in [0.4, 0.5) is 0 Å². The lowest BCUT2D eigenvalue weighted by atomic mass is 10.2. The third-order valence-corrected chi connectivity index (χ3v) is 4.83. The molecule has 1 aliphatic rings. The summed E-state index contributed by atoms with van der Waals surface area (Å²) in [6, 6.07) is 4.10. The third kappa shape index (κ3) is 5.35. The Balaban J connectivity index is 1.71. The molecule has 6 heteroatoms. The van der Waals surface area contributed by atoms with Gasteiger partial charge in [0, 0.05) is 49.1 Å². The minimum absolute atomic E-state index is 0.205. The maximum Gasteiger partial charge on any atom is 0.227 e. The van der Waals surface area contributed by atoms with Gasteiger partial charge in [-0.3, -0.25) is 9.69 Å². The van der Waals surface area contributed by atoms with E-state index in [0.29, 0.717) is 26.2 Å². The number of thiophene rings is 1. The molecule has 1 aromatic rings. The first kappa shape index (κ1) is 17.4. The fourth-order valence-corrected chi connectivity index (χ4v) is 3.51. The number of ether oxygens (including phenoxy) is 1. The van der Waals surface area contributed by atoms with Crippen LogP contribution in [-0.2, 0) is 16.0 Å². The molecule has 0 spiro atoms. The molecule has 0 aromatic carbocycles. The van der Waals surface area contributed by atoms with Gasteiger partial charge < -0.3 is 14.7 Å². The number of rotatable bonds is 7. The molecule has 1 aliphatic heterocycles. The normalized spacial score (nSPS) is 17.7. The first-order chi connectivity index (χ1) is 10.6. The summed E-state index contributed by atoms with van der Waals surface area (Å²) in [5.41, 5.74) is 0. The lowest BCUT2D eigenvalue weighted by Gasteiger charge is -2.35. The van der Waals surface area contributed by atoms with Crippen LogP contribution in [0, 0.1) is 6.92 Å². The van der Waals surface area contributed by atoms with Gasteiger partial charge in [0.2, 0.25) is 5.91 Å². The van der Waals surface area contributed by atoms with Crippen molar-refractivity contribution in [3.05, 3.63) is 21.9 Å². The average molecular weight is 326 g/mol. The second-order valence-electron chi connectivity index (χ2n) is 5.68. The van der Waals surface area contributed by atoms with Gasteiger partial charge in [-0.1, -0.05) is 0 Å². The predicted octanol–water partition coefficient (Wildman–Crippen LogP) is 1.14. The van der Waals surface area contributed by atoms with Crippen LogP contribution in [-0.4, -0.2) is 72.9 Å². The fraction of sp³-hybridized carbons (Fsp3) is 0.688. The van der Waals surface area contributed by atoms with Crippen molar-refractivity contribution >= 4 is 17.2 Å². The van der Waals surface area contributed by atoms with Crippen molar-refractivity contribution in [2.45, 2.75) is 26.4 Å². The molecule has 0 radical (unpaired) electrons. The molecule has 0 bridgehead atoms. The van der Waals surface area contributed by atoms with Gasteiger partial charge in [-0.15, -0.1) is 11.3 Å². The van der Waals surface area contributed by atoms with Crippen molar-refractivity contribution in [1.29, 1.82) is 0 Å². The first-order valence-corrected chi connectivity index (χ1v) is 8.71. The van der Waals surface area contributed by atoms with Crippen LogP contribution in [0.2, 0.25) is 0 Å². The van der Waals surface area contributed by atoms with E-state index in [-0.39, 0.29) is 5.91 Å². The average Bonchev–Trinajstić information content (AvgIpc) is 2.91. The van der Waals surface area contributed by atoms with Gasteiger partial charge in [-0.2, -0.15) is 0 Å². The summed E-state index contributed by atoms with van der Waals surface area (Å²) in [5, 5.41) is 9.86. The number of amides is 1. The topological polar surface area (TPSA) is 53.0 Å². The van der Waals surface area contributed by atoms with E-state index < -0.39 is 6.10 Å². The number of aliphatic hydroxyl groups is 1. The van der Waals surface area contributed by atoms with Crippen LogP contribution >= 0.6 is 11.3 Å². The number of hydrogen-bond acceptors (Lipinski definition) is 5. The molecule has 5 nitrogen and oxygen atoms in total. The smallest absolute Gasteiger partial charge is 0.227 e. The van der Waals surface area contributed by atoms with Gasteiger partial charge in [0.1, 0.15) is 0 Å². The van der Waals surface area contributed by atoms with Crippen molar-refractivity contribution in [2.75, 3.05) is 45.9 Å². The quantitative estimate of drug-likeness (QED) is 0.816. The van der Waals surface area contributed by atoms with Crippen LogP contribution in [0.25, 0.3) is 0 Å². The molecule has 2 heterocycles. The molecule has 1 amide bonds.